The van der Waals surface area contributed by atoms with Gasteiger partial charge >= 0.3 is 0 Å². The van der Waals surface area contributed by atoms with E-state index in [-0.39, 0.29) is 18.9 Å². The van der Waals surface area contributed by atoms with Crippen LogP contribution in [0.15, 0.2) is 36.5 Å². The molecule has 528 valence electrons. The van der Waals surface area contributed by atoms with Crippen LogP contribution in [-0.2, 0) is 33.2 Å². The van der Waals surface area contributed by atoms with Gasteiger partial charge in [-0.15, -0.1) is 0 Å². The number of hydrogen-bond acceptors (Lipinski definition) is 18. The van der Waals surface area contributed by atoms with Crippen LogP contribution < -0.4 is 5.32 Å². The lowest BCUT2D eigenvalue weighted by Crippen LogP contribution is -2.66. The van der Waals surface area contributed by atoms with Crippen LogP contribution in [0.1, 0.15) is 277 Å². The summed E-state index contributed by atoms with van der Waals surface area (Å²) in [5.74, 6) is -0.292. The lowest BCUT2D eigenvalue weighted by atomic mass is 9.96. The molecule has 0 aromatic heterocycles. The van der Waals surface area contributed by atoms with Gasteiger partial charge in [0.15, 0.2) is 18.9 Å². The Morgan fingerprint density at radius 2 is 0.711 bits per heavy atom. The summed E-state index contributed by atoms with van der Waals surface area (Å²) in [6.07, 6.45) is 35.7. The van der Waals surface area contributed by atoms with Crippen molar-refractivity contribution in [2.24, 2.45) is 0 Å². The molecule has 17 atom stereocenters. The number of rotatable bonds is 56. The number of nitrogens with one attached hydrogen (secondary N) is 1. The van der Waals surface area contributed by atoms with Crippen molar-refractivity contribution in [3.8, 4) is 0 Å². The van der Waals surface area contributed by atoms with E-state index in [0.717, 1.165) is 57.8 Å². The predicted octanol–water partition coefficient (Wildman–Crippen LogP) is 10.00. The highest BCUT2D eigenvalue weighted by Gasteiger charge is 2.53. The summed E-state index contributed by atoms with van der Waals surface area (Å²) in [6.45, 7) is 1.73. The van der Waals surface area contributed by atoms with Gasteiger partial charge in [0.2, 0.25) is 5.91 Å². The first-order valence-electron chi connectivity index (χ1n) is 36.2. The second-order valence-corrected chi connectivity index (χ2v) is 26.0. The molecule has 3 aliphatic heterocycles. The molecule has 3 rings (SSSR count). The molecule has 0 aromatic rings. The van der Waals surface area contributed by atoms with E-state index < -0.39 is 124 Å². The summed E-state index contributed by atoms with van der Waals surface area (Å²) >= 11 is 0. The molecule has 0 spiro atoms. The molecule has 3 aliphatic rings. The molecule has 3 heterocycles. The Balaban J connectivity index is 1.42. The van der Waals surface area contributed by atoms with Crippen LogP contribution in [0.4, 0.5) is 0 Å². The van der Waals surface area contributed by atoms with Crippen molar-refractivity contribution in [3.05, 3.63) is 36.5 Å². The fourth-order valence-corrected chi connectivity index (χ4v) is 12.3. The molecule has 19 nitrogen and oxygen atoms in total. The Hall–Kier alpha value is -1.99. The van der Waals surface area contributed by atoms with E-state index in [4.69, 9.17) is 28.4 Å². The predicted molar refractivity (Wildman–Crippen MR) is 351 cm³/mol. The zero-order valence-corrected chi connectivity index (χ0v) is 55.9. The maximum Gasteiger partial charge on any atom is 0.220 e. The Morgan fingerprint density at radius 3 is 1.11 bits per heavy atom. The minimum absolute atomic E-state index is 0.226. The molecule has 0 bridgehead atoms. The highest BCUT2D eigenvalue weighted by atomic mass is 16.8. The molecule has 0 radical (unpaired) electrons. The van der Waals surface area contributed by atoms with E-state index in [2.05, 4.69) is 43.5 Å². The van der Waals surface area contributed by atoms with Crippen LogP contribution in [0.3, 0.4) is 0 Å². The molecule has 3 fully saturated rings. The number of aliphatic hydroxyl groups excluding tert-OH is 11. The lowest BCUT2D eigenvalue weighted by molar-refractivity contribution is -0.379. The first kappa shape index (κ1) is 82.2. The van der Waals surface area contributed by atoms with Gasteiger partial charge in [-0.1, -0.05) is 249 Å². The van der Waals surface area contributed by atoms with Crippen LogP contribution in [0.25, 0.3) is 0 Å². The Labute approximate surface area is 542 Å². The summed E-state index contributed by atoms with van der Waals surface area (Å²) in [6, 6.07) is -0.994. The van der Waals surface area contributed by atoms with Crippen LogP contribution in [0.5, 0.6) is 0 Å². The molecule has 19 heteroatoms. The lowest BCUT2D eigenvalue weighted by Gasteiger charge is -2.48. The number of carbonyl (C=O) groups excluding carboxylic acids is 1. The molecule has 17 unspecified atom stereocenters. The third-order valence-corrected chi connectivity index (χ3v) is 18.2. The zero-order valence-electron chi connectivity index (χ0n) is 55.9. The third-order valence-electron chi connectivity index (χ3n) is 18.2. The number of carbonyl (C=O) groups is 1. The maximum atomic E-state index is 13.4. The molecular formula is C71H131NO18. The second-order valence-electron chi connectivity index (χ2n) is 26.0. The molecule has 3 saturated heterocycles. The van der Waals surface area contributed by atoms with E-state index in [1.165, 1.54) is 186 Å². The molecule has 0 saturated carbocycles. The fraction of sp³-hybridized carbons (Fsp3) is 0.901. The van der Waals surface area contributed by atoms with E-state index in [0.29, 0.717) is 12.8 Å². The summed E-state index contributed by atoms with van der Waals surface area (Å²) in [4.78, 5) is 13.4. The van der Waals surface area contributed by atoms with Crippen molar-refractivity contribution < 1.29 is 89.4 Å². The molecular weight excluding hydrogens is 1150 g/mol. The minimum Gasteiger partial charge on any atom is -0.394 e. The highest BCUT2D eigenvalue weighted by molar-refractivity contribution is 5.76. The minimum atomic E-state index is -1.98. The molecule has 12 N–H and O–H groups in total. The Morgan fingerprint density at radius 1 is 0.389 bits per heavy atom. The van der Waals surface area contributed by atoms with Crippen LogP contribution in [0, 0.1) is 0 Å². The molecule has 0 aliphatic carbocycles. The first-order chi connectivity index (χ1) is 43.8. The summed E-state index contributed by atoms with van der Waals surface area (Å²) in [5, 5.41) is 120. The second kappa shape index (κ2) is 53.2. The van der Waals surface area contributed by atoms with Crippen molar-refractivity contribution in [2.75, 3.05) is 26.4 Å². The molecule has 1 amide bonds. The van der Waals surface area contributed by atoms with Crippen LogP contribution >= 0.6 is 0 Å². The topological polar surface area (TPSA) is 307 Å². The van der Waals surface area contributed by atoms with Crippen molar-refractivity contribution >= 4 is 5.91 Å². The van der Waals surface area contributed by atoms with Gasteiger partial charge in [0.25, 0.3) is 0 Å². The fourth-order valence-electron chi connectivity index (χ4n) is 12.3. The number of unbranched alkanes of at least 4 members (excludes halogenated alkanes) is 36. The van der Waals surface area contributed by atoms with Gasteiger partial charge in [-0.2, -0.15) is 0 Å². The van der Waals surface area contributed by atoms with E-state index >= 15 is 0 Å². The van der Waals surface area contributed by atoms with Crippen molar-refractivity contribution in [1.29, 1.82) is 0 Å². The summed E-state index contributed by atoms with van der Waals surface area (Å²) in [5.41, 5.74) is 0. The van der Waals surface area contributed by atoms with Crippen molar-refractivity contribution in [3.63, 3.8) is 0 Å². The molecule has 90 heavy (non-hydrogen) atoms. The summed E-state index contributed by atoms with van der Waals surface area (Å²) < 4.78 is 34.3. The van der Waals surface area contributed by atoms with E-state index in [1.54, 1.807) is 6.08 Å². The van der Waals surface area contributed by atoms with E-state index in [1.807, 2.05) is 6.08 Å². The first-order valence-corrected chi connectivity index (χ1v) is 36.2. The SMILES string of the molecule is CCCCCCCCC/C=C\CCCCCCCC(=O)NC(COC1OC(CO)C(OC2OC(CO)C(OC3OC(CO)C(O)C(O)C3O)C(O)C2O)C(O)C1O)C(O)/C=C/CC/C=C/CCCCCCCCCCCCCCCCCCCCCCCCC. The van der Waals surface area contributed by atoms with Crippen LogP contribution in [-0.4, -0.2) is 193 Å². The van der Waals surface area contributed by atoms with Crippen LogP contribution in [0.2, 0.25) is 0 Å². The van der Waals surface area contributed by atoms with E-state index in [9.17, 15) is 61.0 Å². The van der Waals surface area contributed by atoms with Gasteiger partial charge in [0.1, 0.15) is 73.2 Å². The summed E-state index contributed by atoms with van der Waals surface area (Å²) in [7, 11) is 0. The number of amides is 1. The van der Waals surface area contributed by atoms with Crippen molar-refractivity contribution in [2.45, 2.75) is 381 Å². The van der Waals surface area contributed by atoms with Gasteiger partial charge < -0.3 is 89.9 Å². The smallest absolute Gasteiger partial charge is 0.220 e. The number of allylic oxidation sites excluding steroid dienone is 5. The normalized spacial score (nSPS) is 28.2. The zero-order chi connectivity index (χ0) is 65.4. The van der Waals surface area contributed by atoms with Gasteiger partial charge in [-0.05, 0) is 57.8 Å². The standard InChI is InChI=1S/C71H131NO18/c1-3-5-7-9-11-13-15-17-19-21-22-23-24-25-26-27-28-29-30-31-32-33-34-36-38-40-42-44-46-48-55(76)54(72-59(77)49-47-45-43-41-39-37-35-20-18-16-14-12-10-8-6-4-2)53-85-69-65(83)62(80)67(57(51-74)87-69)90-71-66(84)63(81)68(58(52-75)88-71)89-70-64(82)61(79)60(78)56(50-73)86-70/h20,35,38,40,46,48,54-58,60-71,73-76,78-84H,3-19,21-34,36-37,39,41-45,47,49-53H2,1-2H3,(H,72,77)/b35-20-,40-38+,48-46+. The largest absolute Gasteiger partial charge is 0.394 e. The Bertz CT molecular complexity index is 1780. The van der Waals surface area contributed by atoms with Gasteiger partial charge in [-0.3, -0.25) is 4.79 Å². The average Bonchev–Trinajstić information content (AvgIpc) is 1.16. The molecule has 0 aromatic carbocycles. The maximum absolute atomic E-state index is 13.4. The number of aliphatic hydroxyl groups is 11. The van der Waals surface area contributed by atoms with Crippen molar-refractivity contribution in [1.82, 2.24) is 5.32 Å². The highest BCUT2D eigenvalue weighted by Crippen LogP contribution is 2.33. The number of ether oxygens (including phenoxy) is 6. The quantitative estimate of drug-likeness (QED) is 0.0199. The van der Waals surface area contributed by atoms with Gasteiger partial charge in [-0.25, -0.2) is 0 Å². The number of hydrogen-bond donors (Lipinski definition) is 12. The van der Waals surface area contributed by atoms with Gasteiger partial charge in [0, 0.05) is 6.42 Å². The monoisotopic (exact) mass is 1290 g/mol. The van der Waals surface area contributed by atoms with Gasteiger partial charge in [0.05, 0.1) is 38.6 Å². The average molecular weight is 1290 g/mol. The Kier molecular flexibility index (Phi) is 48.6. The third kappa shape index (κ3) is 34.6.